The number of hydrogen-bond donors (Lipinski definition) is 2. The number of ether oxygens (including phenoxy) is 2. The van der Waals surface area contributed by atoms with Gasteiger partial charge in [0, 0.05) is 18.8 Å². The van der Waals surface area contributed by atoms with Crippen LogP contribution < -0.4 is 0 Å². The Morgan fingerprint density at radius 3 is 2.47 bits per heavy atom. The summed E-state index contributed by atoms with van der Waals surface area (Å²) >= 11 is 0. The average Bonchev–Trinajstić information content (AvgIpc) is 2.38. The number of carbonyl (C=O) groups is 2. The Hall–Kier alpha value is -0.980. The van der Waals surface area contributed by atoms with E-state index in [4.69, 9.17) is 9.47 Å². The standard InChI is InChI=1S/C13H20O6/c1-7(14)18-8-5-11(2,3)13(17)9(15)10(16)19-12(13,4)6-8/h8,10,16-17H,5-6H2,1-4H3/t8-,10+,12-,13?/m0/s1. The lowest BCUT2D eigenvalue weighted by Crippen LogP contribution is -2.67. The lowest BCUT2D eigenvalue weighted by atomic mass is 9.57. The van der Waals surface area contributed by atoms with Crippen LogP contribution in [-0.4, -0.2) is 45.6 Å². The van der Waals surface area contributed by atoms with Crippen molar-refractivity contribution < 1.29 is 29.3 Å². The summed E-state index contributed by atoms with van der Waals surface area (Å²) in [6, 6.07) is 0. The number of fused-ring (bicyclic) bond motifs is 1. The number of aliphatic hydroxyl groups excluding tert-OH is 1. The molecule has 2 fully saturated rings. The summed E-state index contributed by atoms with van der Waals surface area (Å²) in [4.78, 5) is 23.2. The first-order valence-electron chi connectivity index (χ1n) is 6.33. The van der Waals surface area contributed by atoms with Crippen molar-refractivity contribution in [2.45, 2.75) is 64.1 Å². The number of hydrogen-bond acceptors (Lipinski definition) is 6. The van der Waals surface area contributed by atoms with Gasteiger partial charge in [-0.1, -0.05) is 13.8 Å². The summed E-state index contributed by atoms with van der Waals surface area (Å²) in [5.74, 6) is -1.14. The van der Waals surface area contributed by atoms with Crippen molar-refractivity contribution in [2.75, 3.05) is 0 Å². The van der Waals surface area contributed by atoms with E-state index in [0.717, 1.165) is 0 Å². The molecule has 4 atom stereocenters. The zero-order valence-corrected chi connectivity index (χ0v) is 11.6. The zero-order valence-electron chi connectivity index (χ0n) is 11.6. The highest BCUT2D eigenvalue weighted by molar-refractivity contribution is 5.94. The van der Waals surface area contributed by atoms with Gasteiger partial charge in [0.1, 0.15) is 11.7 Å². The zero-order chi connectivity index (χ0) is 14.6. The minimum Gasteiger partial charge on any atom is -0.462 e. The number of carbonyl (C=O) groups excluding carboxylic acids is 2. The van der Waals surface area contributed by atoms with Gasteiger partial charge in [0.15, 0.2) is 5.60 Å². The molecule has 19 heavy (non-hydrogen) atoms. The first-order chi connectivity index (χ1) is 8.53. The molecule has 0 radical (unpaired) electrons. The third kappa shape index (κ3) is 1.81. The third-order valence-corrected chi connectivity index (χ3v) is 4.39. The second-order valence-corrected chi connectivity index (χ2v) is 6.30. The van der Waals surface area contributed by atoms with Crippen LogP contribution in [0.3, 0.4) is 0 Å². The molecule has 108 valence electrons. The molecule has 1 aliphatic heterocycles. The van der Waals surface area contributed by atoms with Gasteiger partial charge < -0.3 is 19.7 Å². The van der Waals surface area contributed by atoms with Crippen LogP contribution in [0, 0.1) is 5.41 Å². The topological polar surface area (TPSA) is 93.1 Å². The van der Waals surface area contributed by atoms with E-state index in [1.807, 2.05) is 0 Å². The Labute approximate surface area is 111 Å². The Bertz CT molecular complexity index is 431. The highest BCUT2D eigenvalue weighted by Gasteiger charge is 2.72. The number of Topliss-reactive ketones (excluding diaryl/α,β-unsaturated/α-hetero) is 1. The van der Waals surface area contributed by atoms with Crippen molar-refractivity contribution in [2.24, 2.45) is 5.41 Å². The molecule has 0 aromatic carbocycles. The molecule has 6 nitrogen and oxygen atoms in total. The van der Waals surface area contributed by atoms with Gasteiger partial charge in [-0.3, -0.25) is 9.59 Å². The second kappa shape index (κ2) is 4.01. The number of ketones is 1. The lowest BCUT2D eigenvalue weighted by Gasteiger charge is -2.52. The van der Waals surface area contributed by atoms with Gasteiger partial charge in [-0.15, -0.1) is 0 Å². The molecule has 0 spiro atoms. The fourth-order valence-corrected chi connectivity index (χ4v) is 3.61. The highest BCUT2D eigenvalue weighted by Crippen LogP contribution is 2.55. The summed E-state index contributed by atoms with van der Waals surface area (Å²) < 4.78 is 10.5. The van der Waals surface area contributed by atoms with Crippen molar-refractivity contribution in [3.8, 4) is 0 Å². The summed E-state index contributed by atoms with van der Waals surface area (Å²) in [6.45, 7) is 6.30. The Morgan fingerprint density at radius 1 is 1.37 bits per heavy atom. The van der Waals surface area contributed by atoms with Crippen molar-refractivity contribution in [1.29, 1.82) is 0 Å². The molecule has 6 heteroatoms. The Balaban J connectivity index is 2.40. The molecule has 2 rings (SSSR count). The van der Waals surface area contributed by atoms with E-state index in [0.29, 0.717) is 6.42 Å². The normalized spacial score (nSPS) is 44.8. The van der Waals surface area contributed by atoms with Crippen LogP contribution in [0.1, 0.15) is 40.5 Å². The van der Waals surface area contributed by atoms with Gasteiger partial charge in [-0.05, 0) is 13.3 Å². The molecule has 2 N–H and O–H groups in total. The fraction of sp³-hybridized carbons (Fsp3) is 0.846. The number of aliphatic hydroxyl groups is 2. The maximum Gasteiger partial charge on any atom is 0.302 e. The van der Waals surface area contributed by atoms with Gasteiger partial charge in [0.25, 0.3) is 0 Å². The maximum atomic E-state index is 12.1. The van der Waals surface area contributed by atoms with Crippen LogP contribution in [0.15, 0.2) is 0 Å². The minimum absolute atomic E-state index is 0.176. The van der Waals surface area contributed by atoms with Crippen LogP contribution in [0.5, 0.6) is 0 Å². The molecule has 0 bridgehead atoms. The highest BCUT2D eigenvalue weighted by atomic mass is 16.6. The van der Waals surface area contributed by atoms with Crippen LogP contribution in [0.25, 0.3) is 0 Å². The van der Waals surface area contributed by atoms with E-state index in [1.54, 1.807) is 20.8 Å². The lowest BCUT2D eigenvalue weighted by molar-refractivity contribution is -0.232. The van der Waals surface area contributed by atoms with E-state index in [1.165, 1.54) is 6.92 Å². The van der Waals surface area contributed by atoms with Gasteiger partial charge in [-0.25, -0.2) is 0 Å². The van der Waals surface area contributed by atoms with Crippen molar-refractivity contribution in [3.63, 3.8) is 0 Å². The maximum absolute atomic E-state index is 12.1. The monoisotopic (exact) mass is 272 g/mol. The summed E-state index contributed by atoms with van der Waals surface area (Å²) in [5, 5.41) is 20.4. The summed E-state index contributed by atoms with van der Waals surface area (Å²) in [6.07, 6.45) is -1.57. The van der Waals surface area contributed by atoms with Gasteiger partial charge in [0.05, 0.1) is 0 Å². The molecule has 1 unspecified atom stereocenters. The predicted molar refractivity (Wildman–Crippen MR) is 64.0 cm³/mol. The molecule has 1 heterocycles. The quantitative estimate of drug-likeness (QED) is 0.660. The molecule has 1 aliphatic carbocycles. The van der Waals surface area contributed by atoms with E-state index < -0.39 is 40.8 Å². The van der Waals surface area contributed by atoms with Gasteiger partial charge in [0.2, 0.25) is 12.1 Å². The average molecular weight is 272 g/mol. The van der Waals surface area contributed by atoms with Crippen molar-refractivity contribution >= 4 is 11.8 Å². The Kier molecular flexibility index (Phi) is 3.04. The smallest absolute Gasteiger partial charge is 0.302 e. The van der Waals surface area contributed by atoms with E-state index in [2.05, 4.69) is 0 Å². The molecule has 0 aromatic heterocycles. The van der Waals surface area contributed by atoms with E-state index in [-0.39, 0.29) is 6.42 Å². The molecule has 1 saturated heterocycles. The number of rotatable bonds is 1. The minimum atomic E-state index is -1.78. The molecule has 1 saturated carbocycles. The SMILES string of the molecule is CC(=O)O[C@H]1CC(C)(C)C2(O)C(=O)[C@H](O)O[C@@]2(C)C1. The summed E-state index contributed by atoms with van der Waals surface area (Å²) in [5.41, 5.74) is -3.91. The van der Waals surface area contributed by atoms with E-state index >= 15 is 0 Å². The number of esters is 1. The third-order valence-electron chi connectivity index (χ3n) is 4.39. The van der Waals surface area contributed by atoms with E-state index in [9.17, 15) is 19.8 Å². The van der Waals surface area contributed by atoms with Crippen LogP contribution >= 0.6 is 0 Å². The molecule has 2 aliphatic rings. The van der Waals surface area contributed by atoms with Crippen molar-refractivity contribution in [3.05, 3.63) is 0 Å². The summed E-state index contributed by atoms with van der Waals surface area (Å²) in [7, 11) is 0. The van der Waals surface area contributed by atoms with Gasteiger partial charge >= 0.3 is 5.97 Å². The molecule has 0 amide bonds. The van der Waals surface area contributed by atoms with Crippen LogP contribution in [0.2, 0.25) is 0 Å². The second-order valence-electron chi connectivity index (χ2n) is 6.30. The first-order valence-corrected chi connectivity index (χ1v) is 6.33. The van der Waals surface area contributed by atoms with Crippen LogP contribution in [-0.2, 0) is 19.1 Å². The van der Waals surface area contributed by atoms with Crippen molar-refractivity contribution in [1.82, 2.24) is 0 Å². The molecule has 0 aromatic rings. The molecular weight excluding hydrogens is 252 g/mol. The largest absolute Gasteiger partial charge is 0.462 e. The van der Waals surface area contributed by atoms with Gasteiger partial charge in [-0.2, -0.15) is 0 Å². The Morgan fingerprint density at radius 2 is 1.95 bits per heavy atom. The fourth-order valence-electron chi connectivity index (χ4n) is 3.61. The predicted octanol–water partition coefficient (Wildman–Crippen LogP) is 0.146. The molecular formula is C13H20O6. The van der Waals surface area contributed by atoms with Crippen LogP contribution in [0.4, 0.5) is 0 Å². The first kappa shape index (κ1) is 14.4.